The molecule has 0 nitrogen and oxygen atoms in total. The molecule has 1 aliphatic carbocycles. The van der Waals surface area contributed by atoms with Crippen molar-refractivity contribution in [2.75, 3.05) is 0 Å². The molecule has 1 aromatic rings. The van der Waals surface area contributed by atoms with Crippen molar-refractivity contribution in [3.63, 3.8) is 0 Å². The van der Waals surface area contributed by atoms with Gasteiger partial charge in [0, 0.05) is 4.83 Å². The predicted octanol–water partition coefficient (Wildman–Crippen LogP) is 4.88. The molecule has 0 bridgehead atoms. The summed E-state index contributed by atoms with van der Waals surface area (Å²) < 4.78 is 0. The van der Waals surface area contributed by atoms with Crippen molar-refractivity contribution in [1.29, 1.82) is 0 Å². The van der Waals surface area contributed by atoms with E-state index >= 15 is 0 Å². The Balaban J connectivity index is 1.95. The van der Waals surface area contributed by atoms with Gasteiger partial charge >= 0.3 is 0 Å². The minimum absolute atomic E-state index is 0.570. The summed E-state index contributed by atoms with van der Waals surface area (Å²) in [5.41, 5.74) is 2.91. The van der Waals surface area contributed by atoms with Crippen LogP contribution >= 0.6 is 15.9 Å². The Labute approximate surface area is 101 Å². The van der Waals surface area contributed by atoms with Crippen LogP contribution in [0.15, 0.2) is 24.3 Å². The maximum atomic E-state index is 3.79. The number of rotatable bonds is 5. The minimum Gasteiger partial charge on any atom is -0.0839 e. The number of hydrogen-bond donors (Lipinski definition) is 0. The highest BCUT2D eigenvalue weighted by atomic mass is 79.9. The third-order valence-electron chi connectivity index (χ3n) is 3.12. The molecule has 0 aromatic heterocycles. The van der Waals surface area contributed by atoms with E-state index in [1.54, 1.807) is 0 Å². The molecule has 0 N–H and O–H groups in total. The highest BCUT2D eigenvalue weighted by molar-refractivity contribution is 9.09. The zero-order valence-corrected chi connectivity index (χ0v) is 11.0. The van der Waals surface area contributed by atoms with Gasteiger partial charge in [0.25, 0.3) is 0 Å². The van der Waals surface area contributed by atoms with E-state index in [9.17, 15) is 0 Å². The Morgan fingerprint density at radius 3 is 2.47 bits per heavy atom. The van der Waals surface area contributed by atoms with Gasteiger partial charge in [-0.25, -0.2) is 0 Å². The van der Waals surface area contributed by atoms with Gasteiger partial charge in [0.15, 0.2) is 0 Å². The summed E-state index contributed by atoms with van der Waals surface area (Å²) in [7, 11) is 0. The van der Waals surface area contributed by atoms with Gasteiger partial charge in [0.05, 0.1) is 0 Å². The predicted molar refractivity (Wildman–Crippen MR) is 69.4 cm³/mol. The average Bonchev–Trinajstić information content (AvgIpc) is 3.03. The van der Waals surface area contributed by atoms with Crippen LogP contribution in [0.5, 0.6) is 0 Å². The zero-order chi connectivity index (χ0) is 10.7. The molecule has 15 heavy (non-hydrogen) atoms. The zero-order valence-electron chi connectivity index (χ0n) is 9.38. The van der Waals surface area contributed by atoms with Crippen molar-refractivity contribution in [1.82, 2.24) is 0 Å². The van der Waals surface area contributed by atoms with E-state index in [4.69, 9.17) is 0 Å². The van der Waals surface area contributed by atoms with Crippen molar-refractivity contribution < 1.29 is 0 Å². The standard InChI is InChI=1S/C14H19Br/c1-2-3-11-6-8-13(9-7-11)14(15)10-12-4-5-12/h6-9,12,14H,2-5,10H2,1H3. The monoisotopic (exact) mass is 266 g/mol. The molecule has 1 unspecified atom stereocenters. The van der Waals surface area contributed by atoms with Crippen LogP contribution in [0, 0.1) is 5.92 Å². The maximum Gasteiger partial charge on any atom is 0.0397 e. The third-order valence-corrected chi connectivity index (χ3v) is 4.02. The Bertz CT molecular complexity index is 298. The summed E-state index contributed by atoms with van der Waals surface area (Å²) in [5.74, 6) is 0.990. The number of halogens is 1. The van der Waals surface area contributed by atoms with Crippen molar-refractivity contribution in [2.45, 2.75) is 43.9 Å². The van der Waals surface area contributed by atoms with Crippen LogP contribution in [-0.2, 0) is 6.42 Å². The lowest BCUT2D eigenvalue weighted by molar-refractivity contribution is 0.721. The molecule has 0 saturated heterocycles. The van der Waals surface area contributed by atoms with Crippen LogP contribution in [-0.4, -0.2) is 0 Å². The van der Waals surface area contributed by atoms with Crippen molar-refractivity contribution in [3.05, 3.63) is 35.4 Å². The van der Waals surface area contributed by atoms with Crippen LogP contribution < -0.4 is 0 Å². The van der Waals surface area contributed by atoms with Crippen LogP contribution in [0.25, 0.3) is 0 Å². The minimum atomic E-state index is 0.570. The molecule has 2 rings (SSSR count). The molecule has 0 aliphatic heterocycles. The summed E-state index contributed by atoms with van der Waals surface area (Å²) in [5, 5.41) is 0. The number of benzene rings is 1. The highest BCUT2D eigenvalue weighted by Gasteiger charge is 2.24. The number of hydrogen-bond acceptors (Lipinski definition) is 0. The first-order valence-corrected chi connectivity index (χ1v) is 6.94. The molecule has 0 heterocycles. The average molecular weight is 267 g/mol. The summed E-state index contributed by atoms with van der Waals surface area (Å²) in [6, 6.07) is 9.12. The first-order valence-electron chi connectivity index (χ1n) is 6.02. The van der Waals surface area contributed by atoms with Gasteiger partial charge in [0.1, 0.15) is 0 Å². The SMILES string of the molecule is CCCc1ccc(C(Br)CC2CC2)cc1. The number of alkyl halides is 1. The molecular weight excluding hydrogens is 248 g/mol. The highest BCUT2D eigenvalue weighted by Crippen LogP contribution is 2.41. The number of aryl methyl sites for hydroxylation is 1. The van der Waals surface area contributed by atoms with Crippen LogP contribution in [0.4, 0.5) is 0 Å². The molecule has 82 valence electrons. The third kappa shape index (κ3) is 3.34. The summed E-state index contributed by atoms with van der Waals surface area (Å²) in [6.07, 6.45) is 6.63. The lowest BCUT2D eigenvalue weighted by Gasteiger charge is -2.10. The Kier molecular flexibility index (Phi) is 3.85. The van der Waals surface area contributed by atoms with Gasteiger partial charge in [-0.2, -0.15) is 0 Å². The normalized spacial score (nSPS) is 17.7. The van der Waals surface area contributed by atoms with E-state index in [0.29, 0.717) is 4.83 Å². The molecule has 1 saturated carbocycles. The Morgan fingerprint density at radius 1 is 1.27 bits per heavy atom. The van der Waals surface area contributed by atoms with Gasteiger partial charge in [0.2, 0.25) is 0 Å². The van der Waals surface area contributed by atoms with Crippen molar-refractivity contribution in [3.8, 4) is 0 Å². The molecule has 1 heteroatoms. The molecule has 1 atom stereocenters. The fraction of sp³-hybridized carbons (Fsp3) is 0.571. The maximum absolute atomic E-state index is 3.79. The molecule has 0 amide bonds. The fourth-order valence-electron chi connectivity index (χ4n) is 1.96. The van der Waals surface area contributed by atoms with Gasteiger partial charge in [-0.1, -0.05) is 66.4 Å². The van der Waals surface area contributed by atoms with E-state index in [1.807, 2.05) is 0 Å². The van der Waals surface area contributed by atoms with Gasteiger partial charge < -0.3 is 0 Å². The second-order valence-electron chi connectivity index (χ2n) is 4.64. The Morgan fingerprint density at radius 2 is 1.93 bits per heavy atom. The van der Waals surface area contributed by atoms with Gasteiger partial charge in [-0.05, 0) is 29.9 Å². The van der Waals surface area contributed by atoms with E-state index in [2.05, 4.69) is 47.1 Å². The van der Waals surface area contributed by atoms with Crippen LogP contribution in [0.3, 0.4) is 0 Å². The van der Waals surface area contributed by atoms with Crippen molar-refractivity contribution in [2.24, 2.45) is 5.92 Å². The summed E-state index contributed by atoms with van der Waals surface area (Å²) in [4.78, 5) is 0.570. The second kappa shape index (κ2) is 5.16. The first-order chi connectivity index (χ1) is 7.29. The summed E-state index contributed by atoms with van der Waals surface area (Å²) >= 11 is 3.79. The lowest BCUT2D eigenvalue weighted by Crippen LogP contribution is -1.92. The lowest BCUT2D eigenvalue weighted by atomic mass is 10.0. The quantitative estimate of drug-likeness (QED) is 0.667. The topological polar surface area (TPSA) is 0 Å². The van der Waals surface area contributed by atoms with Gasteiger partial charge in [-0.15, -0.1) is 0 Å². The van der Waals surface area contributed by atoms with E-state index < -0.39 is 0 Å². The molecule has 0 radical (unpaired) electrons. The second-order valence-corrected chi connectivity index (χ2v) is 5.74. The van der Waals surface area contributed by atoms with Gasteiger partial charge in [-0.3, -0.25) is 0 Å². The molecule has 1 fully saturated rings. The molecule has 1 aromatic carbocycles. The largest absolute Gasteiger partial charge is 0.0839 e. The first kappa shape index (κ1) is 11.2. The van der Waals surface area contributed by atoms with E-state index in [-0.39, 0.29) is 0 Å². The fourth-order valence-corrected chi connectivity index (χ4v) is 2.80. The Hall–Kier alpha value is -0.300. The molecular formula is C14H19Br. The van der Waals surface area contributed by atoms with E-state index in [0.717, 1.165) is 5.92 Å². The molecule has 1 aliphatic rings. The van der Waals surface area contributed by atoms with Crippen molar-refractivity contribution >= 4 is 15.9 Å². The van der Waals surface area contributed by atoms with Crippen LogP contribution in [0.2, 0.25) is 0 Å². The smallest absolute Gasteiger partial charge is 0.0397 e. The van der Waals surface area contributed by atoms with E-state index in [1.165, 1.54) is 43.2 Å². The molecule has 0 spiro atoms. The van der Waals surface area contributed by atoms with Crippen LogP contribution in [0.1, 0.15) is 48.6 Å². The summed E-state index contributed by atoms with van der Waals surface area (Å²) in [6.45, 7) is 2.23.